The van der Waals surface area contributed by atoms with Crippen LogP contribution in [0.5, 0.6) is 0 Å². The van der Waals surface area contributed by atoms with Gasteiger partial charge in [0.25, 0.3) is 0 Å². The Labute approximate surface area is 67.5 Å². The van der Waals surface area contributed by atoms with Crippen LogP contribution in [0.15, 0.2) is 0 Å². The van der Waals surface area contributed by atoms with Crippen molar-refractivity contribution in [2.75, 3.05) is 13.1 Å². The third kappa shape index (κ3) is 1.55. The van der Waals surface area contributed by atoms with Crippen molar-refractivity contribution in [1.29, 1.82) is 0 Å². The molecule has 1 aliphatic rings. The molecule has 0 spiro atoms. The molecule has 4 heteroatoms. The second-order valence-corrected chi connectivity index (χ2v) is 3.77. The first-order chi connectivity index (χ1) is 4.55. The molecule has 0 saturated carbocycles. The summed E-state index contributed by atoms with van der Waals surface area (Å²) in [5.74, 6) is 0. The van der Waals surface area contributed by atoms with E-state index in [0.717, 1.165) is 6.29 Å². The number of hydrogen-bond donors (Lipinski definition) is 0. The van der Waals surface area contributed by atoms with E-state index in [1.807, 2.05) is 0 Å². The van der Waals surface area contributed by atoms with Gasteiger partial charge in [-0.05, 0) is 6.92 Å². The van der Waals surface area contributed by atoms with Gasteiger partial charge in [0.05, 0.1) is 0 Å². The van der Waals surface area contributed by atoms with Crippen molar-refractivity contribution in [2.45, 2.75) is 17.5 Å². The topological polar surface area (TPSA) is 20.3 Å². The summed E-state index contributed by atoms with van der Waals surface area (Å²) in [4.78, 5) is 11.6. The number of likely N-dealkylation sites (tertiary alicyclic amines) is 1. The average Bonchev–Trinajstić information content (AvgIpc) is 1.81. The van der Waals surface area contributed by atoms with Gasteiger partial charge in [-0.3, -0.25) is 4.90 Å². The maximum atomic E-state index is 12.8. The summed E-state index contributed by atoms with van der Waals surface area (Å²) in [6.07, 6.45) is 0.759. The summed E-state index contributed by atoms with van der Waals surface area (Å²) in [6.45, 7) is 2.23. The third-order valence-corrected chi connectivity index (χ3v) is 2.32. The molecule has 0 aromatic rings. The monoisotopic (exact) mass is 209 g/mol. The Hall–Kier alpha value is 0.0400. The van der Waals surface area contributed by atoms with Crippen LogP contribution in [0.25, 0.3) is 0 Å². The first-order valence-corrected chi connectivity index (χ1v) is 3.99. The smallest absolute Gasteiger partial charge is 0.148 e. The lowest BCUT2D eigenvalue weighted by molar-refractivity contribution is -0.113. The fourth-order valence-electron chi connectivity index (χ4n) is 1.06. The number of rotatable bonds is 2. The first kappa shape index (κ1) is 8.14. The number of aldehydes is 1. The number of carbonyl (C=O) groups is 1. The van der Waals surface area contributed by atoms with Crippen LogP contribution in [0.1, 0.15) is 6.92 Å². The molecule has 0 N–H and O–H groups in total. The molecule has 2 nitrogen and oxygen atoms in total. The van der Waals surface area contributed by atoms with Crippen LogP contribution in [-0.4, -0.2) is 34.9 Å². The van der Waals surface area contributed by atoms with Crippen LogP contribution in [-0.2, 0) is 4.79 Å². The SMILES string of the molecule is CC1(F)CN([C@@H](Br)C=O)C1. The van der Waals surface area contributed by atoms with E-state index in [2.05, 4.69) is 15.9 Å². The van der Waals surface area contributed by atoms with Gasteiger partial charge in [-0.2, -0.15) is 0 Å². The van der Waals surface area contributed by atoms with E-state index in [1.54, 1.807) is 4.90 Å². The largest absolute Gasteiger partial charge is 0.301 e. The molecular formula is C6H9BrFNO. The zero-order chi connectivity index (χ0) is 7.78. The first-order valence-electron chi connectivity index (χ1n) is 3.07. The molecule has 0 aliphatic carbocycles. The molecule has 10 heavy (non-hydrogen) atoms. The minimum atomic E-state index is -1.09. The standard InChI is InChI=1S/C6H9BrFNO/c1-6(8)3-9(4-6)5(7)2-10/h2,5H,3-4H2,1H3/t5-/m1/s1. The van der Waals surface area contributed by atoms with Crippen molar-refractivity contribution in [3.63, 3.8) is 0 Å². The number of halogens is 2. The quantitative estimate of drug-likeness (QED) is 0.384. The minimum Gasteiger partial charge on any atom is -0.301 e. The Morgan fingerprint density at radius 3 is 2.60 bits per heavy atom. The lowest BCUT2D eigenvalue weighted by Gasteiger charge is -2.43. The van der Waals surface area contributed by atoms with E-state index in [-0.39, 0.29) is 4.95 Å². The Morgan fingerprint density at radius 2 is 2.30 bits per heavy atom. The molecule has 0 unspecified atom stereocenters. The van der Waals surface area contributed by atoms with Crippen molar-refractivity contribution >= 4 is 22.2 Å². The normalized spacial score (nSPS) is 27.1. The second kappa shape index (κ2) is 2.58. The van der Waals surface area contributed by atoms with Gasteiger partial charge in [-0.15, -0.1) is 0 Å². The van der Waals surface area contributed by atoms with Gasteiger partial charge in [-0.25, -0.2) is 4.39 Å². The van der Waals surface area contributed by atoms with Gasteiger partial charge < -0.3 is 4.79 Å². The molecule has 1 aliphatic heterocycles. The molecule has 0 amide bonds. The summed E-state index contributed by atoms with van der Waals surface area (Å²) in [7, 11) is 0. The van der Waals surface area contributed by atoms with Gasteiger partial charge in [0.2, 0.25) is 0 Å². The highest BCUT2D eigenvalue weighted by molar-refractivity contribution is 9.09. The molecule has 58 valence electrons. The van der Waals surface area contributed by atoms with Crippen molar-refractivity contribution in [3.05, 3.63) is 0 Å². The summed E-state index contributed by atoms with van der Waals surface area (Å²) in [5.41, 5.74) is -1.09. The lowest BCUT2D eigenvalue weighted by atomic mass is 10.00. The van der Waals surface area contributed by atoms with E-state index in [0.29, 0.717) is 13.1 Å². The Bertz CT molecular complexity index is 143. The molecule has 0 bridgehead atoms. The van der Waals surface area contributed by atoms with Gasteiger partial charge in [0.1, 0.15) is 16.9 Å². The van der Waals surface area contributed by atoms with E-state index < -0.39 is 5.67 Å². The molecule has 0 radical (unpaired) electrons. The predicted octanol–water partition coefficient (Wildman–Crippen LogP) is 0.950. The molecule has 1 heterocycles. The fourth-order valence-corrected chi connectivity index (χ4v) is 1.35. The average molecular weight is 210 g/mol. The Balaban J connectivity index is 2.32. The Kier molecular flexibility index (Phi) is 2.10. The van der Waals surface area contributed by atoms with Crippen LogP contribution in [0, 0.1) is 0 Å². The van der Waals surface area contributed by atoms with Crippen LogP contribution < -0.4 is 0 Å². The van der Waals surface area contributed by atoms with E-state index in [4.69, 9.17) is 0 Å². The van der Waals surface area contributed by atoms with E-state index in [1.165, 1.54) is 6.92 Å². The maximum absolute atomic E-state index is 12.8. The summed E-state index contributed by atoms with van der Waals surface area (Å²) in [6, 6.07) is 0. The predicted molar refractivity (Wildman–Crippen MR) is 39.9 cm³/mol. The third-order valence-electron chi connectivity index (χ3n) is 1.53. The highest BCUT2D eigenvalue weighted by atomic mass is 79.9. The van der Waals surface area contributed by atoms with Gasteiger partial charge >= 0.3 is 0 Å². The second-order valence-electron chi connectivity index (χ2n) is 2.83. The number of nitrogens with zero attached hydrogens (tertiary/aromatic N) is 1. The van der Waals surface area contributed by atoms with E-state index >= 15 is 0 Å². The maximum Gasteiger partial charge on any atom is 0.148 e. The van der Waals surface area contributed by atoms with E-state index in [9.17, 15) is 9.18 Å². The molecule has 1 atom stereocenters. The molecule has 0 aromatic carbocycles. The van der Waals surface area contributed by atoms with Crippen LogP contribution in [0.2, 0.25) is 0 Å². The molecule has 1 fully saturated rings. The van der Waals surface area contributed by atoms with Crippen molar-refractivity contribution in [1.82, 2.24) is 4.90 Å². The highest BCUT2D eigenvalue weighted by Gasteiger charge is 2.41. The number of carbonyl (C=O) groups excluding carboxylic acids is 1. The molecule has 0 aromatic heterocycles. The summed E-state index contributed by atoms with van der Waals surface area (Å²) < 4.78 is 12.8. The van der Waals surface area contributed by atoms with Gasteiger partial charge in [0, 0.05) is 13.1 Å². The summed E-state index contributed by atoms with van der Waals surface area (Å²) in [5, 5.41) is 0. The Morgan fingerprint density at radius 1 is 1.80 bits per heavy atom. The zero-order valence-corrected chi connectivity index (χ0v) is 7.27. The van der Waals surface area contributed by atoms with Crippen LogP contribution in [0.3, 0.4) is 0 Å². The van der Waals surface area contributed by atoms with Crippen molar-refractivity contribution in [2.24, 2.45) is 0 Å². The molecule has 1 rings (SSSR count). The van der Waals surface area contributed by atoms with Crippen molar-refractivity contribution < 1.29 is 9.18 Å². The van der Waals surface area contributed by atoms with Gasteiger partial charge in [-0.1, -0.05) is 15.9 Å². The zero-order valence-electron chi connectivity index (χ0n) is 5.68. The summed E-state index contributed by atoms with van der Waals surface area (Å²) >= 11 is 3.10. The van der Waals surface area contributed by atoms with Crippen LogP contribution in [0.4, 0.5) is 4.39 Å². The van der Waals surface area contributed by atoms with Crippen molar-refractivity contribution in [3.8, 4) is 0 Å². The molecule has 1 saturated heterocycles. The highest BCUT2D eigenvalue weighted by Crippen LogP contribution is 2.27. The number of hydrogen-bond acceptors (Lipinski definition) is 2. The molecular weight excluding hydrogens is 201 g/mol. The minimum absolute atomic E-state index is 0.309. The van der Waals surface area contributed by atoms with Gasteiger partial charge in [0.15, 0.2) is 0 Å². The number of alkyl halides is 2. The van der Waals surface area contributed by atoms with Crippen LogP contribution >= 0.6 is 15.9 Å². The fraction of sp³-hybridized carbons (Fsp3) is 0.833. The lowest BCUT2D eigenvalue weighted by Crippen LogP contribution is -2.59.